The Morgan fingerprint density at radius 2 is 1.86 bits per heavy atom. The third-order valence-electron chi connectivity index (χ3n) is 3.43. The molecule has 1 fully saturated rings. The maximum Gasteiger partial charge on any atom is 0.264 e. The normalized spacial score (nSPS) is 14.8. The zero-order chi connectivity index (χ0) is 21.2. The smallest absolute Gasteiger partial charge is 0.264 e. The van der Waals surface area contributed by atoms with Gasteiger partial charge in [-0.1, -0.05) is 29.8 Å². The van der Waals surface area contributed by atoms with Crippen molar-refractivity contribution in [3.63, 3.8) is 0 Å². The summed E-state index contributed by atoms with van der Waals surface area (Å²) >= 11 is 5.88. The van der Waals surface area contributed by atoms with E-state index in [9.17, 15) is 8.42 Å². The Bertz CT molecular complexity index is 845. The highest BCUT2D eigenvalue weighted by molar-refractivity contribution is 7.85. The van der Waals surface area contributed by atoms with Gasteiger partial charge in [0.1, 0.15) is 11.9 Å². The van der Waals surface area contributed by atoms with Gasteiger partial charge in [-0.15, -0.1) is 0 Å². The maximum atomic E-state index is 10.4. The molecule has 8 nitrogen and oxygen atoms in total. The van der Waals surface area contributed by atoms with Crippen LogP contribution in [0.15, 0.2) is 42.5 Å². The quantitative estimate of drug-likeness (QED) is 0.235. The van der Waals surface area contributed by atoms with E-state index in [2.05, 4.69) is 5.73 Å². The Morgan fingerprint density at radius 3 is 2.43 bits per heavy atom. The third-order valence-corrected chi connectivity index (χ3v) is 4.58. The molecular formula is C18H26ClN3O5S. The van der Waals surface area contributed by atoms with Crippen LogP contribution in [0.2, 0.25) is 5.02 Å². The largest absolute Gasteiger partial charge is 0.491 e. The van der Waals surface area contributed by atoms with Gasteiger partial charge >= 0.3 is 0 Å². The molecule has 1 aliphatic rings. The summed E-state index contributed by atoms with van der Waals surface area (Å²) in [6, 6.07) is 12.6. The molecule has 2 aromatic carbocycles. The van der Waals surface area contributed by atoms with Gasteiger partial charge in [0.15, 0.2) is 0 Å². The fraction of sp³-hybridized carbons (Fsp3) is 0.333. The van der Waals surface area contributed by atoms with Gasteiger partial charge in [0.25, 0.3) is 10.1 Å². The minimum Gasteiger partial charge on any atom is -0.491 e. The first-order valence-corrected chi connectivity index (χ1v) is 10.4. The van der Waals surface area contributed by atoms with Gasteiger partial charge in [-0.05, 0) is 31.7 Å². The van der Waals surface area contributed by atoms with E-state index in [4.69, 9.17) is 37.1 Å². The molecule has 0 aromatic heterocycles. The van der Waals surface area contributed by atoms with Crippen LogP contribution in [0.4, 0.5) is 11.4 Å². The van der Waals surface area contributed by atoms with E-state index in [1.54, 1.807) is 18.2 Å². The van der Waals surface area contributed by atoms with Crippen molar-refractivity contribution < 1.29 is 22.4 Å². The molecule has 1 aliphatic heterocycles. The molecule has 3 rings (SSSR count). The van der Waals surface area contributed by atoms with Crippen molar-refractivity contribution in [2.75, 3.05) is 37.5 Å². The number of benzene rings is 2. The van der Waals surface area contributed by atoms with Crippen molar-refractivity contribution >= 4 is 33.1 Å². The summed E-state index contributed by atoms with van der Waals surface area (Å²) in [4.78, 5) is 0. The van der Waals surface area contributed by atoms with Gasteiger partial charge in [-0.2, -0.15) is 8.42 Å². The highest BCUT2D eigenvalue weighted by Gasteiger charge is 2.26. The lowest BCUT2D eigenvalue weighted by Gasteiger charge is -2.08. The molecule has 0 saturated carbocycles. The zero-order valence-corrected chi connectivity index (χ0v) is 17.1. The number of hydrogen-bond acceptors (Lipinski definition) is 7. The lowest BCUT2D eigenvalue weighted by Crippen LogP contribution is -2.09. The lowest BCUT2D eigenvalue weighted by atomic mass is 10.2. The molecule has 0 radical (unpaired) electrons. The number of rotatable bonds is 6. The van der Waals surface area contributed by atoms with Gasteiger partial charge in [0, 0.05) is 22.3 Å². The molecule has 0 amide bonds. The molecule has 1 atom stereocenters. The number of epoxide rings is 1. The van der Waals surface area contributed by atoms with Gasteiger partial charge in [-0.25, -0.2) is 0 Å². The molecule has 28 heavy (non-hydrogen) atoms. The van der Waals surface area contributed by atoms with Gasteiger partial charge < -0.3 is 26.7 Å². The second-order valence-electron chi connectivity index (χ2n) is 5.63. The fourth-order valence-electron chi connectivity index (χ4n) is 2.06. The standard InChI is InChI=1S/C9H14N2O4S.C8H7ClO.CH5N/c10-7-2-3-8(11)9(6-7)15-4-1-5-16(12,13)14;9-7-4-2-1-3-6(7)8-5-10-8;1-2/h2-3,6H,1,4-5,10-11H2,(H,12,13,14);1-4,8H,5H2;2H2,1H3. The molecule has 10 heteroatoms. The predicted molar refractivity (Wildman–Crippen MR) is 112 cm³/mol. The summed E-state index contributed by atoms with van der Waals surface area (Å²) in [7, 11) is -2.43. The molecular weight excluding hydrogens is 406 g/mol. The monoisotopic (exact) mass is 431 g/mol. The second kappa shape index (κ2) is 11.7. The number of nitrogens with two attached hydrogens (primary N) is 3. The van der Waals surface area contributed by atoms with E-state index < -0.39 is 10.1 Å². The van der Waals surface area contributed by atoms with Gasteiger partial charge in [0.2, 0.25) is 0 Å². The first-order chi connectivity index (χ1) is 13.3. The Morgan fingerprint density at radius 1 is 1.21 bits per heavy atom. The summed E-state index contributed by atoms with van der Waals surface area (Å²) in [5, 5.41) is 0.810. The van der Waals surface area contributed by atoms with Crippen LogP contribution >= 0.6 is 11.6 Å². The molecule has 156 valence electrons. The van der Waals surface area contributed by atoms with E-state index in [0.29, 0.717) is 17.1 Å². The molecule has 1 heterocycles. The molecule has 1 unspecified atom stereocenters. The first-order valence-electron chi connectivity index (χ1n) is 8.43. The highest BCUT2D eigenvalue weighted by Crippen LogP contribution is 2.34. The van der Waals surface area contributed by atoms with Crippen LogP contribution in [-0.4, -0.2) is 39.0 Å². The van der Waals surface area contributed by atoms with E-state index >= 15 is 0 Å². The van der Waals surface area contributed by atoms with E-state index in [1.165, 1.54) is 7.05 Å². The topological polar surface area (TPSA) is 154 Å². The Hall–Kier alpha value is -2.04. The molecule has 0 bridgehead atoms. The van der Waals surface area contributed by atoms with Crippen LogP contribution in [0, 0.1) is 0 Å². The number of hydrogen-bond donors (Lipinski definition) is 4. The van der Waals surface area contributed by atoms with E-state index in [0.717, 1.165) is 17.2 Å². The van der Waals surface area contributed by atoms with Crippen molar-refractivity contribution in [1.29, 1.82) is 0 Å². The summed E-state index contributed by atoms with van der Waals surface area (Å²) in [5.74, 6) is 0.0743. The van der Waals surface area contributed by atoms with Gasteiger partial charge in [-0.3, -0.25) is 4.55 Å². The minimum atomic E-state index is -3.93. The molecule has 0 spiro atoms. The zero-order valence-electron chi connectivity index (χ0n) is 15.5. The van der Waals surface area contributed by atoms with Gasteiger partial charge in [0.05, 0.1) is 24.7 Å². The van der Waals surface area contributed by atoms with Crippen LogP contribution in [-0.2, 0) is 14.9 Å². The molecule has 1 saturated heterocycles. The van der Waals surface area contributed by atoms with Crippen molar-refractivity contribution in [3.8, 4) is 5.75 Å². The van der Waals surface area contributed by atoms with Crippen LogP contribution in [0.1, 0.15) is 18.1 Å². The van der Waals surface area contributed by atoms with Crippen LogP contribution < -0.4 is 21.9 Å². The summed E-state index contributed by atoms with van der Waals surface area (Å²) in [6.07, 6.45) is 0.460. The van der Waals surface area contributed by atoms with E-state index in [1.807, 2.05) is 24.3 Å². The Labute approximate surface area is 170 Å². The first kappa shape index (κ1) is 24.0. The predicted octanol–water partition coefficient (Wildman–Crippen LogP) is 2.49. The highest BCUT2D eigenvalue weighted by atomic mass is 35.5. The van der Waals surface area contributed by atoms with Crippen molar-refractivity contribution in [2.45, 2.75) is 12.5 Å². The third kappa shape index (κ3) is 9.25. The fourth-order valence-corrected chi connectivity index (χ4v) is 2.80. The number of halogens is 1. The summed E-state index contributed by atoms with van der Waals surface area (Å²) < 4.78 is 39.6. The van der Waals surface area contributed by atoms with E-state index in [-0.39, 0.29) is 24.9 Å². The second-order valence-corrected chi connectivity index (χ2v) is 7.61. The Balaban J connectivity index is 0.000000278. The van der Waals surface area contributed by atoms with Crippen LogP contribution in [0.5, 0.6) is 5.75 Å². The maximum absolute atomic E-state index is 10.4. The summed E-state index contributed by atoms with van der Waals surface area (Å²) in [6.45, 7) is 0.969. The molecule has 2 aromatic rings. The average Bonchev–Trinajstić information content (AvgIpc) is 3.48. The Kier molecular flexibility index (Phi) is 10.0. The number of anilines is 2. The SMILES string of the molecule is CN.Clc1ccccc1C1CO1.Nc1ccc(N)c(OCCCS(=O)(=O)O)c1. The number of ether oxygens (including phenoxy) is 2. The summed E-state index contributed by atoms with van der Waals surface area (Å²) in [5.41, 5.74) is 17.7. The van der Waals surface area contributed by atoms with Crippen molar-refractivity contribution in [3.05, 3.63) is 53.1 Å². The average molecular weight is 432 g/mol. The molecule has 7 N–H and O–H groups in total. The number of nitrogen functional groups attached to an aromatic ring is 2. The minimum absolute atomic E-state index is 0.146. The van der Waals surface area contributed by atoms with Crippen molar-refractivity contribution in [2.24, 2.45) is 5.73 Å². The lowest BCUT2D eigenvalue weighted by molar-refractivity contribution is 0.318. The van der Waals surface area contributed by atoms with Crippen LogP contribution in [0.3, 0.4) is 0 Å². The molecule has 0 aliphatic carbocycles. The van der Waals surface area contributed by atoms with Crippen molar-refractivity contribution in [1.82, 2.24) is 0 Å². The van der Waals surface area contributed by atoms with Crippen LogP contribution in [0.25, 0.3) is 0 Å².